The van der Waals surface area contributed by atoms with E-state index in [1.165, 1.54) is 6.92 Å². The van der Waals surface area contributed by atoms with Crippen LogP contribution in [-0.4, -0.2) is 72.9 Å². The number of carbonyl (C=O) groups is 2. The Morgan fingerprint density at radius 1 is 1.30 bits per heavy atom. The zero-order valence-corrected chi connectivity index (χ0v) is 11.8. The molecule has 0 spiro atoms. The largest absolute Gasteiger partial charge is 0.389 e. The minimum atomic E-state index is -0.561. The van der Waals surface area contributed by atoms with Gasteiger partial charge in [0, 0.05) is 26.1 Å². The Hall–Kier alpha value is -1.18. The summed E-state index contributed by atoms with van der Waals surface area (Å²) < 4.78 is 5.31. The quantitative estimate of drug-likeness (QED) is 0.582. The number of morpholine rings is 1. The van der Waals surface area contributed by atoms with Gasteiger partial charge in [-0.25, -0.2) is 0 Å². The average Bonchev–Trinajstić information content (AvgIpc) is 2.79. The van der Waals surface area contributed by atoms with Gasteiger partial charge in [-0.2, -0.15) is 0 Å². The topological polar surface area (TPSA) is 90.9 Å². The molecule has 7 heteroatoms. The van der Waals surface area contributed by atoms with E-state index >= 15 is 0 Å². The Morgan fingerprint density at radius 2 is 2.00 bits per heavy atom. The van der Waals surface area contributed by atoms with Gasteiger partial charge in [0.15, 0.2) is 0 Å². The van der Waals surface area contributed by atoms with Crippen molar-refractivity contribution in [3.63, 3.8) is 0 Å². The van der Waals surface area contributed by atoms with Gasteiger partial charge in [-0.15, -0.1) is 0 Å². The monoisotopic (exact) mass is 285 g/mol. The molecule has 3 N–H and O–H groups in total. The Kier molecular flexibility index (Phi) is 5.33. The van der Waals surface area contributed by atoms with Crippen LogP contribution in [0.1, 0.15) is 19.8 Å². The van der Waals surface area contributed by atoms with E-state index in [1.807, 2.05) is 0 Å². The number of rotatable bonds is 4. The fraction of sp³-hybridized carbons (Fsp3) is 0.846. The van der Waals surface area contributed by atoms with E-state index in [0.29, 0.717) is 13.2 Å². The van der Waals surface area contributed by atoms with Gasteiger partial charge in [0.25, 0.3) is 0 Å². The first kappa shape index (κ1) is 15.2. The Labute approximate surface area is 118 Å². The number of aliphatic hydroxyl groups is 1. The average molecular weight is 285 g/mol. The molecule has 2 aliphatic rings. The molecule has 1 saturated heterocycles. The third kappa shape index (κ3) is 3.91. The second-order valence-electron chi connectivity index (χ2n) is 5.37. The maximum absolute atomic E-state index is 11.7. The number of hydrogen-bond acceptors (Lipinski definition) is 5. The summed E-state index contributed by atoms with van der Waals surface area (Å²) in [7, 11) is 0. The van der Waals surface area contributed by atoms with Crippen LogP contribution in [0.25, 0.3) is 0 Å². The van der Waals surface area contributed by atoms with Crippen LogP contribution in [0, 0.1) is 0 Å². The third-order valence-electron chi connectivity index (χ3n) is 3.94. The highest BCUT2D eigenvalue weighted by Gasteiger charge is 2.39. The molecule has 1 heterocycles. The SMILES string of the molecule is CC(=O)NCC(=O)N[C@@H]1CC[C@@H](N2CCOCC2)[C@@H]1O. The summed E-state index contributed by atoms with van der Waals surface area (Å²) in [6.07, 6.45) is 1.07. The first-order chi connectivity index (χ1) is 9.58. The number of aliphatic hydroxyl groups excluding tert-OH is 1. The van der Waals surface area contributed by atoms with Crippen LogP contribution in [0.5, 0.6) is 0 Å². The molecule has 114 valence electrons. The minimum absolute atomic E-state index is 0.0409. The number of amides is 2. The molecule has 2 fully saturated rings. The van der Waals surface area contributed by atoms with Crippen LogP contribution in [-0.2, 0) is 14.3 Å². The standard InChI is InChI=1S/C13H23N3O4/c1-9(17)14-8-12(18)15-10-2-3-11(13(10)19)16-4-6-20-7-5-16/h10-11,13,19H,2-8H2,1H3,(H,14,17)(H,15,18)/t10-,11-,13-/m1/s1. The third-order valence-corrected chi connectivity index (χ3v) is 3.94. The van der Waals surface area contributed by atoms with Crippen LogP contribution in [0.2, 0.25) is 0 Å². The van der Waals surface area contributed by atoms with Crippen LogP contribution < -0.4 is 10.6 Å². The van der Waals surface area contributed by atoms with E-state index in [0.717, 1.165) is 25.9 Å². The summed E-state index contributed by atoms with van der Waals surface area (Å²) in [6.45, 7) is 4.38. The molecule has 20 heavy (non-hydrogen) atoms. The molecule has 0 aromatic carbocycles. The summed E-state index contributed by atoms with van der Waals surface area (Å²) in [5, 5.41) is 15.6. The molecule has 7 nitrogen and oxygen atoms in total. The molecular weight excluding hydrogens is 262 g/mol. The normalized spacial score (nSPS) is 31.0. The summed E-state index contributed by atoms with van der Waals surface area (Å²) in [6, 6.07) is -0.144. The van der Waals surface area contributed by atoms with Gasteiger partial charge in [0.05, 0.1) is 31.9 Å². The van der Waals surface area contributed by atoms with Crippen LogP contribution in [0.3, 0.4) is 0 Å². The molecule has 2 amide bonds. The smallest absolute Gasteiger partial charge is 0.239 e. The van der Waals surface area contributed by atoms with Gasteiger partial charge in [0.1, 0.15) is 0 Å². The highest BCUT2D eigenvalue weighted by Crippen LogP contribution is 2.25. The lowest BCUT2D eigenvalue weighted by Crippen LogP contribution is -2.52. The summed E-state index contributed by atoms with van der Waals surface area (Å²) in [5.41, 5.74) is 0. The highest BCUT2D eigenvalue weighted by atomic mass is 16.5. The molecule has 0 aromatic rings. The Balaban J connectivity index is 1.79. The van der Waals surface area contributed by atoms with Crippen molar-refractivity contribution in [3.05, 3.63) is 0 Å². The van der Waals surface area contributed by atoms with Gasteiger partial charge < -0.3 is 20.5 Å². The van der Waals surface area contributed by atoms with Crippen molar-refractivity contribution in [3.8, 4) is 0 Å². The van der Waals surface area contributed by atoms with Gasteiger partial charge in [-0.05, 0) is 12.8 Å². The predicted octanol–water partition coefficient (Wildman–Crippen LogP) is -1.54. The highest BCUT2D eigenvalue weighted by molar-refractivity contribution is 5.83. The van der Waals surface area contributed by atoms with E-state index in [-0.39, 0.29) is 30.4 Å². The molecule has 1 aliphatic carbocycles. The Bertz CT molecular complexity index is 358. The van der Waals surface area contributed by atoms with E-state index in [4.69, 9.17) is 4.74 Å². The van der Waals surface area contributed by atoms with Crippen molar-refractivity contribution in [2.75, 3.05) is 32.8 Å². The molecule has 0 aromatic heterocycles. The van der Waals surface area contributed by atoms with Crippen molar-refractivity contribution < 1.29 is 19.4 Å². The zero-order valence-electron chi connectivity index (χ0n) is 11.8. The van der Waals surface area contributed by atoms with Crippen molar-refractivity contribution in [1.82, 2.24) is 15.5 Å². The lowest BCUT2D eigenvalue weighted by atomic mass is 10.1. The minimum Gasteiger partial charge on any atom is -0.389 e. The Morgan fingerprint density at radius 3 is 2.65 bits per heavy atom. The number of nitrogens with one attached hydrogen (secondary N) is 2. The summed E-state index contributed by atoms with van der Waals surface area (Å²) in [4.78, 5) is 24.6. The first-order valence-electron chi connectivity index (χ1n) is 7.11. The zero-order chi connectivity index (χ0) is 14.5. The van der Waals surface area contributed by atoms with Crippen molar-refractivity contribution in [1.29, 1.82) is 0 Å². The summed E-state index contributed by atoms with van der Waals surface area (Å²) >= 11 is 0. The van der Waals surface area contributed by atoms with E-state index in [2.05, 4.69) is 15.5 Å². The van der Waals surface area contributed by atoms with Crippen LogP contribution in [0.15, 0.2) is 0 Å². The molecule has 2 rings (SSSR count). The predicted molar refractivity (Wildman–Crippen MR) is 72.0 cm³/mol. The molecule has 0 radical (unpaired) electrons. The van der Waals surface area contributed by atoms with Gasteiger partial charge in [-0.3, -0.25) is 14.5 Å². The number of hydrogen-bond donors (Lipinski definition) is 3. The van der Waals surface area contributed by atoms with E-state index in [9.17, 15) is 14.7 Å². The maximum atomic E-state index is 11.7. The summed E-state index contributed by atoms with van der Waals surface area (Å²) in [5.74, 6) is -0.495. The van der Waals surface area contributed by atoms with Crippen molar-refractivity contribution in [2.24, 2.45) is 0 Å². The van der Waals surface area contributed by atoms with Gasteiger partial charge in [0.2, 0.25) is 11.8 Å². The second kappa shape index (κ2) is 7.01. The molecule has 1 saturated carbocycles. The van der Waals surface area contributed by atoms with E-state index in [1.54, 1.807) is 0 Å². The van der Waals surface area contributed by atoms with E-state index < -0.39 is 6.10 Å². The molecule has 0 unspecified atom stereocenters. The van der Waals surface area contributed by atoms with Crippen LogP contribution >= 0.6 is 0 Å². The lowest BCUT2D eigenvalue weighted by Gasteiger charge is -2.34. The van der Waals surface area contributed by atoms with Gasteiger partial charge in [-0.1, -0.05) is 0 Å². The lowest BCUT2D eigenvalue weighted by molar-refractivity contribution is -0.126. The molecule has 0 bridgehead atoms. The fourth-order valence-corrected chi connectivity index (χ4v) is 2.89. The number of carbonyl (C=O) groups excluding carboxylic acids is 2. The molecule has 1 aliphatic heterocycles. The van der Waals surface area contributed by atoms with Gasteiger partial charge >= 0.3 is 0 Å². The second-order valence-corrected chi connectivity index (χ2v) is 5.37. The van der Waals surface area contributed by atoms with Crippen molar-refractivity contribution in [2.45, 2.75) is 38.0 Å². The molecular formula is C13H23N3O4. The maximum Gasteiger partial charge on any atom is 0.239 e. The molecule has 3 atom stereocenters. The fourth-order valence-electron chi connectivity index (χ4n) is 2.89. The first-order valence-corrected chi connectivity index (χ1v) is 7.11. The van der Waals surface area contributed by atoms with Crippen LogP contribution in [0.4, 0.5) is 0 Å². The number of ether oxygens (including phenoxy) is 1. The number of nitrogens with zero attached hydrogens (tertiary/aromatic N) is 1. The van der Waals surface area contributed by atoms with Crippen molar-refractivity contribution >= 4 is 11.8 Å².